The number of hydroxylamine groups is 1. The maximum absolute atomic E-state index is 12.5. The zero-order chi connectivity index (χ0) is 15.5. The van der Waals surface area contributed by atoms with Crippen molar-refractivity contribution in [1.29, 1.82) is 0 Å². The van der Waals surface area contributed by atoms with E-state index in [-0.39, 0.29) is 5.75 Å². The van der Waals surface area contributed by atoms with Gasteiger partial charge in [0.25, 0.3) is 5.91 Å². The van der Waals surface area contributed by atoms with Gasteiger partial charge in [-0.05, 0) is 18.4 Å². The number of carbonyl (C=O) groups excluding carboxylic acids is 1. The van der Waals surface area contributed by atoms with E-state index in [0.717, 1.165) is 12.8 Å². The average Bonchev–Trinajstić information content (AvgIpc) is 2.54. The lowest BCUT2D eigenvalue weighted by Crippen LogP contribution is -2.56. The lowest BCUT2D eigenvalue weighted by atomic mass is 9.68. The Balaban J connectivity index is 2.64. The van der Waals surface area contributed by atoms with Crippen LogP contribution in [0.25, 0.3) is 0 Å². The van der Waals surface area contributed by atoms with Crippen molar-refractivity contribution in [1.82, 2.24) is 5.48 Å². The van der Waals surface area contributed by atoms with Gasteiger partial charge in [0.05, 0.1) is 10.7 Å². The number of rotatable bonds is 4. The van der Waals surface area contributed by atoms with Crippen molar-refractivity contribution in [2.75, 3.05) is 5.75 Å². The van der Waals surface area contributed by atoms with Gasteiger partial charge >= 0.3 is 0 Å². The van der Waals surface area contributed by atoms with E-state index in [1.54, 1.807) is 36.7 Å². The van der Waals surface area contributed by atoms with Crippen LogP contribution in [0, 0.1) is 0 Å². The van der Waals surface area contributed by atoms with E-state index in [1.165, 1.54) is 0 Å². The third-order valence-electron chi connectivity index (χ3n) is 4.47. The molecule has 0 bridgehead atoms. The first-order valence-electron chi connectivity index (χ1n) is 7.20. The average molecular weight is 311 g/mol. The lowest BCUT2D eigenvalue weighted by molar-refractivity contribution is -0.136. The number of nitrogens with one attached hydrogen (secondary N) is 1. The summed E-state index contributed by atoms with van der Waals surface area (Å²) in [4.78, 5) is 12.4. The second-order valence-electron chi connectivity index (χ2n) is 5.46. The first-order chi connectivity index (χ1) is 9.99. The largest absolute Gasteiger partial charge is 0.289 e. The molecule has 0 heterocycles. The van der Waals surface area contributed by atoms with Gasteiger partial charge in [-0.25, -0.2) is 13.9 Å². The maximum atomic E-state index is 12.5. The zero-order valence-electron chi connectivity index (χ0n) is 12.1. The molecule has 0 spiro atoms. The maximum Gasteiger partial charge on any atom is 0.255 e. The van der Waals surface area contributed by atoms with E-state index in [0.29, 0.717) is 18.4 Å². The molecule has 116 valence electrons. The highest BCUT2D eigenvalue weighted by atomic mass is 32.2. The van der Waals surface area contributed by atoms with Gasteiger partial charge < -0.3 is 0 Å². The summed E-state index contributed by atoms with van der Waals surface area (Å²) in [6.45, 7) is 1.59. The Morgan fingerprint density at radius 2 is 2.00 bits per heavy atom. The van der Waals surface area contributed by atoms with E-state index in [1.807, 2.05) is 6.07 Å². The summed E-state index contributed by atoms with van der Waals surface area (Å²) in [7, 11) is -3.40. The second kappa shape index (κ2) is 6.15. The molecule has 1 fully saturated rings. The zero-order valence-corrected chi connectivity index (χ0v) is 12.9. The molecule has 6 heteroatoms. The fourth-order valence-electron chi connectivity index (χ4n) is 3.38. The number of hydrogen-bond acceptors (Lipinski definition) is 4. The Kier molecular flexibility index (Phi) is 4.68. The highest BCUT2D eigenvalue weighted by molar-refractivity contribution is 7.92. The minimum absolute atomic E-state index is 0.00897. The van der Waals surface area contributed by atoms with Gasteiger partial charge in [-0.15, -0.1) is 0 Å². The van der Waals surface area contributed by atoms with Crippen LogP contribution in [0.15, 0.2) is 30.3 Å². The summed E-state index contributed by atoms with van der Waals surface area (Å²) < 4.78 is 25.0. The quantitative estimate of drug-likeness (QED) is 0.656. The van der Waals surface area contributed by atoms with E-state index < -0.39 is 26.4 Å². The minimum atomic E-state index is -3.40. The van der Waals surface area contributed by atoms with Gasteiger partial charge in [0, 0.05) is 5.75 Å². The third kappa shape index (κ3) is 2.70. The summed E-state index contributed by atoms with van der Waals surface area (Å²) in [5, 5.41) is 8.38. The summed E-state index contributed by atoms with van der Waals surface area (Å²) in [5.41, 5.74) is 1.14. The highest BCUT2D eigenvalue weighted by Gasteiger charge is 2.53. The Labute approximate surface area is 125 Å². The number of sulfone groups is 1. The topological polar surface area (TPSA) is 83.5 Å². The van der Waals surface area contributed by atoms with Crippen molar-refractivity contribution in [2.45, 2.75) is 43.3 Å². The predicted octanol–water partition coefficient (Wildman–Crippen LogP) is 1.81. The third-order valence-corrected chi connectivity index (χ3v) is 6.78. The van der Waals surface area contributed by atoms with E-state index in [9.17, 15) is 18.4 Å². The van der Waals surface area contributed by atoms with Gasteiger partial charge in [0.1, 0.15) is 0 Å². The molecular weight excluding hydrogens is 290 g/mol. The molecule has 1 aliphatic carbocycles. The van der Waals surface area contributed by atoms with Crippen molar-refractivity contribution in [3.05, 3.63) is 35.9 Å². The molecule has 0 unspecified atom stereocenters. The predicted molar refractivity (Wildman–Crippen MR) is 79.8 cm³/mol. The van der Waals surface area contributed by atoms with Crippen molar-refractivity contribution >= 4 is 15.7 Å². The molecule has 1 aromatic carbocycles. The molecule has 1 saturated carbocycles. The Morgan fingerprint density at radius 1 is 1.33 bits per heavy atom. The fourth-order valence-corrected chi connectivity index (χ4v) is 5.29. The molecule has 1 amide bonds. The van der Waals surface area contributed by atoms with E-state index in [2.05, 4.69) is 0 Å². The molecule has 2 rings (SSSR count). The standard InChI is InChI=1S/C15H21NO4S/c1-2-21(19,20)13-10-6-7-11-15(13,14(17)16-18)12-8-4-3-5-9-12/h3-5,8-9,13,18H,2,6-7,10-11H2,1H3,(H,16,17)/t13-,15-/m1/s1. The van der Waals surface area contributed by atoms with Crippen LogP contribution in [0.3, 0.4) is 0 Å². The Bertz CT molecular complexity index is 599. The summed E-state index contributed by atoms with van der Waals surface area (Å²) in [5.74, 6) is -0.638. The van der Waals surface area contributed by atoms with Crippen LogP contribution < -0.4 is 5.48 Å². The van der Waals surface area contributed by atoms with Crippen molar-refractivity contribution in [2.24, 2.45) is 0 Å². The van der Waals surface area contributed by atoms with E-state index >= 15 is 0 Å². The molecular formula is C15H21NO4S. The van der Waals surface area contributed by atoms with Crippen molar-refractivity contribution in [3.8, 4) is 0 Å². The molecule has 2 N–H and O–H groups in total. The molecule has 0 aromatic heterocycles. The Morgan fingerprint density at radius 3 is 2.57 bits per heavy atom. The van der Waals surface area contributed by atoms with Crippen LogP contribution in [0.1, 0.15) is 38.2 Å². The van der Waals surface area contributed by atoms with Crippen LogP contribution in [0.2, 0.25) is 0 Å². The van der Waals surface area contributed by atoms with Crippen LogP contribution in [-0.4, -0.2) is 30.5 Å². The monoisotopic (exact) mass is 311 g/mol. The van der Waals surface area contributed by atoms with Gasteiger partial charge in [-0.1, -0.05) is 50.1 Å². The number of benzene rings is 1. The first kappa shape index (κ1) is 16.0. The summed E-state index contributed by atoms with van der Waals surface area (Å²) in [6.07, 6.45) is 2.40. The van der Waals surface area contributed by atoms with Crippen molar-refractivity contribution in [3.63, 3.8) is 0 Å². The van der Waals surface area contributed by atoms with Crippen molar-refractivity contribution < 1.29 is 18.4 Å². The number of amides is 1. The Hall–Kier alpha value is -1.40. The van der Waals surface area contributed by atoms with Crippen LogP contribution in [-0.2, 0) is 20.0 Å². The molecule has 0 radical (unpaired) electrons. The number of hydrogen-bond donors (Lipinski definition) is 2. The SMILES string of the molecule is CCS(=O)(=O)[C@@H]1CCCC[C@@]1(C(=O)NO)c1ccccc1. The normalized spacial score (nSPS) is 26.3. The van der Waals surface area contributed by atoms with Crippen LogP contribution >= 0.6 is 0 Å². The summed E-state index contributed by atoms with van der Waals surface area (Å²) in [6, 6.07) is 8.91. The highest BCUT2D eigenvalue weighted by Crippen LogP contribution is 2.43. The van der Waals surface area contributed by atoms with Crippen LogP contribution in [0.5, 0.6) is 0 Å². The van der Waals surface area contributed by atoms with Gasteiger partial charge in [-0.2, -0.15) is 0 Å². The molecule has 0 aliphatic heterocycles. The first-order valence-corrected chi connectivity index (χ1v) is 8.92. The second-order valence-corrected chi connectivity index (χ2v) is 7.94. The lowest BCUT2D eigenvalue weighted by Gasteiger charge is -2.42. The molecule has 2 atom stereocenters. The molecule has 1 aliphatic rings. The summed E-state index contributed by atoms with van der Waals surface area (Å²) >= 11 is 0. The molecule has 21 heavy (non-hydrogen) atoms. The van der Waals surface area contributed by atoms with E-state index in [4.69, 9.17) is 0 Å². The van der Waals surface area contributed by atoms with Gasteiger partial charge in [-0.3, -0.25) is 10.0 Å². The minimum Gasteiger partial charge on any atom is -0.289 e. The molecule has 5 nitrogen and oxygen atoms in total. The number of carbonyl (C=O) groups is 1. The fraction of sp³-hybridized carbons (Fsp3) is 0.533. The van der Waals surface area contributed by atoms with Crippen LogP contribution in [0.4, 0.5) is 0 Å². The molecule has 1 aromatic rings. The molecule has 0 saturated heterocycles. The van der Waals surface area contributed by atoms with Gasteiger partial charge in [0.2, 0.25) is 0 Å². The van der Waals surface area contributed by atoms with Gasteiger partial charge in [0.15, 0.2) is 9.84 Å². The smallest absolute Gasteiger partial charge is 0.255 e.